The van der Waals surface area contributed by atoms with Gasteiger partial charge in [-0.1, -0.05) is 68.3 Å². The van der Waals surface area contributed by atoms with Crippen molar-refractivity contribution in [1.29, 1.82) is 0 Å². The van der Waals surface area contributed by atoms with Crippen molar-refractivity contribution < 1.29 is 14.2 Å². The van der Waals surface area contributed by atoms with E-state index in [9.17, 15) is 9.50 Å². The van der Waals surface area contributed by atoms with Gasteiger partial charge in [-0.05, 0) is 49.8 Å². The van der Waals surface area contributed by atoms with Crippen LogP contribution in [0.15, 0.2) is 60.9 Å². The molecule has 33 heavy (non-hydrogen) atoms. The first kappa shape index (κ1) is 24.6. The number of nitrogens with zero attached hydrogens (tertiary/aromatic N) is 2. The largest absolute Gasteiger partial charge is 0.505 e. The molecule has 4 nitrogen and oxygen atoms in total. The van der Waals surface area contributed by atoms with Gasteiger partial charge in [-0.25, -0.2) is 14.4 Å². The number of ether oxygens (including phenoxy) is 1. The van der Waals surface area contributed by atoms with E-state index in [1.165, 1.54) is 25.2 Å². The SMILES string of the molecule is CCCCCOC(C)CCCC=Cc1ccc(-c2ccc(-c3ncc(O)cn3)cc2)c(F)c1. The first-order chi connectivity index (χ1) is 16.1. The minimum absolute atomic E-state index is 0.0213. The van der Waals surface area contributed by atoms with Crippen molar-refractivity contribution in [2.24, 2.45) is 0 Å². The van der Waals surface area contributed by atoms with Crippen LogP contribution in [0.3, 0.4) is 0 Å². The fourth-order valence-electron chi connectivity index (χ4n) is 3.60. The smallest absolute Gasteiger partial charge is 0.159 e. The van der Waals surface area contributed by atoms with E-state index in [4.69, 9.17) is 4.74 Å². The Hall–Kier alpha value is -3.05. The van der Waals surface area contributed by atoms with Crippen LogP contribution in [-0.4, -0.2) is 27.8 Å². The minimum atomic E-state index is -0.250. The predicted octanol–water partition coefficient (Wildman–Crippen LogP) is 7.43. The van der Waals surface area contributed by atoms with E-state index in [-0.39, 0.29) is 11.6 Å². The molecule has 1 N–H and O–H groups in total. The number of rotatable bonds is 12. The van der Waals surface area contributed by atoms with Crippen LogP contribution < -0.4 is 0 Å². The third kappa shape index (κ3) is 7.79. The molecule has 2 aromatic carbocycles. The maximum absolute atomic E-state index is 14.8. The van der Waals surface area contributed by atoms with Gasteiger partial charge in [0.25, 0.3) is 0 Å². The topological polar surface area (TPSA) is 55.2 Å². The molecule has 0 amide bonds. The lowest BCUT2D eigenvalue weighted by atomic mass is 10.0. The van der Waals surface area contributed by atoms with Crippen LogP contribution >= 0.6 is 0 Å². The van der Waals surface area contributed by atoms with Gasteiger partial charge in [-0.2, -0.15) is 0 Å². The summed E-state index contributed by atoms with van der Waals surface area (Å²) in [6.07, 6.45) is 13.7. The lowest BCUT2D eigenvalue weighted by Crippen LogP contribution is -2.08. The average molecular weight is 449 g/mol. The fraction of sp³-hybridized carbons (Fsp3) is 0.357. The highest BCUT2D eigenvalue weighted by atomic mass is 19.1. The zero-order chi connectivity index (χ0) is 23.5. The lowest BCUT2D eigenvalue weighted by Gasteiger charge is -2.12. The van der Waals surface area contributed by atoms with Gasteiger partial charge >= 0.3 is 0 Å². The first-order valence-corrected chi connectivity index (χ1v) is 11.8. The normalized spacial score (nSPS) is 12.3. The van der Waals surface area contributed by atoms with E-state index >= 15 is 0 Å². The third-order valence-electron chi connectivity index (χ3n) is 5.53. The fourth-order valence-corrected chi connectivity index (χ4v) is 3.60. The first-order valence-electron chi connectivity index (χ1n) is 11.8. The van der Waals surface area contributed by atoms with E-state index < -0.39 is 0 Å². The Balaban J connectivity index is 1.51. The Kier molecular flexibility index (Phi) is 9.58. The van der Waals surface area contributed by atoms with Crippen LogP contribution in [0.5, 0.6) is 5.75 Å². The minimum Gasteiger partial charge on any atom is -0.505 e. The Labute approximate surface area is 196 Å². The van der Waals surface area contributed by atoms with Crippen LogP contribution in [0, 0.1) is 5.82 Å². The Morgan fingerprint density at radius 3 is 2.42 bits per heavy atom. The summed E-state index contributed by atoms with van der Waals surface area (Å²) in [5.41, 5.74) is 3.01. The van der Waals surface area contributed by atoms with Gasteiger partial charge in [0.1, 0.15) is 5.82 Å². The predicted molar refractivity (Wildman–Crippen MR) is 132 cm³/mol. The number of halogens is 1. The van der Waals surface area contributed by atoms with Gasteiger partial charge < -0.3 is 9.84 Å². The maximum Gasteiger partial charge on any atom is 0.159 e. The molecule has 3 aromatic rings. The number of allylic oxidation sites excluding steroid dienone is 1. The molecular formula is C28H33FN2O2. The number of hydrogen-bond donors (Lipinski definition) is 1. The molecule has 0 aliphatic carbocycles. The number of hydrogen-bond acceptors (Lipinski definition) is 4. The molecule has 0 saturated heterocycles. The van der Waals surface area contributed by atoms with Gasteiger partial charge in [-0.15, -0.1) is 0 Å². The van der Waals surface area contributed by atoms with E-state index in [0.717, 1.165) is 49.0 Å². The van der Waals surface area contributed by atoms with E-state index in [1.807, 2.05) is 42.5 Å². The summed E-state index contributed by atoms with van der Waals surface area (Å²) in [4.78, 5) is 8.20. The number of benzene rings is 2. The standard InChI is InChI=1S/C28H33FN2O2/c1-3-4-8-17-33-21(2)9-6-5-7-10-22-11-16-26(27(29)18-22)23-12-14-24(15-13-23)28-30-19-25(32)20-31-28/h7,10-16,18-21,32H,3-6,8-9,17H2,1-2H3. The highest BCUT2D eigenvalue weighted by Gasteiger charge is 2.07. The summed E-state index contributed by atoms with van der Waals surface area (Å²) in [7, 11) is 0. The number of aromatic hydroxyl groups is 1. The number of aromatic nitrogens is 2. The van der Waals surface area contributed by atoms with Crippen LogP contribution in [0.1, 0.15) is 57.9 Å². The zero-order valence-electron chi connectivity index (χ0n) is 19.5. The highest BCUT2D eigenvalue weighted by Crippen LogP contribution is 2.26. The molecule has 0 aliphatic rings. The Bertz CT molecular complexity index is 1020. The highest BCUT2D eigenvalue weighted by molar-refractivity contribution is 5.69. The summed E-state index contributed by atoms with van der Waals surface area (Å²) in [6, 6.07) is 12.7. The second kappa shape index (κ2) is 12.9. The van der Waals surface area contributed by atoms with Gasteiger partial charge in [0.05, 0.1) is 18.5 Å². The lowest BCUT2D eigenvalue weighted by molar-refractivity contribution is 0.0566. The summed E-state index contributed by atoms with van der Waals surface area (Å²) in [5.74, 6) is 0.283. The van der Waals surface area contributed by atoms with Crippen molar-refractivity contribution in [1.82, 2.24) is 9.97 Å². The second-order valence-corrected chi connectivity index (χ2v) is 8.30. The van der Waals surface area contributed by atoms with E-state index in [0.29, 0.717) is 17.5 Å². The molecular weight excluding hydrogens is 415 g/mol. The van der Waals surface area contributed by atoms with Crippen LogP contribution in [-0.2, 0) is 4.74 Å². The van der Waals surface area contributed by atoms with Crippen molar-refractivity contribution in [2.45, 2.75) is 58.5 Å². The van der Waals surface area contributed by atoms with Crippen molar-refractivity contribution in [3.63, 3.8) is 0 Å². The van der Waals surface area contributed by atoms with E-state index in [2.05, 4.69) is 29.9 Å². The quantitative estimate of drug-likeness (QED) is 0.293. The molecule has 0 radical (unpaired) electrons. The Morgan fingerprint density at radius 2 is 1.73 bits per heavy atom. The average Bonchev–Trinajstić information content (AvgIpc) is 2.82. The maximum atomic E-state index is 14.8. The second-order valence-electron chi connectivity index (χ2n) is 8.30. The molecule has 5 heteroatoms. The van der Waals surface area contributed by atoms with Crippen molar-refractivity contribution in [3.05, 3.63) is 72.3 Å². The van der Waals surface area contributed by atoms with Crippen molar-refractivity contribution >= 4 is 6.08 Å². The molecule has 0 fully saturated rings. The van der Waals surface area contributed by atoms with Crippen molar-refractivity contribution in [2.75, 3.05) is 6.61 Å². The zero-order valence-corrected chi connectivity index (χ0v) is 19.5. The van der Waals surface area contributed by atoms with Crippen LogP contribution in [0.2, 0.25) is 0 Å². The molecule has 1 unspecified atom stereocenters. The molecule has 1 atom stereocenters. The number of unbranched alkanes of at least 4 members (excludes halogenated alkanes) is 3. The molecule has 1 heterocycles. The van der Waals surface area contributed by atoms with Gasteiger partial charge in [0.2, 0.25) is 0 Å². The van der Waals surface area contributed by atoms with Gasteiger partial charge in [-0.3, -0.25) is 0 Å². The van der Waals surface area contributed by atoms with Crippen LogP contribution in [0.25, 0.3) is 28.6 Å². The summed E-state index contributed by atoms with van der Waals surface area (Å²) in [6.45, 7) is 5.18. The van der Waals surface area contributed by atoms with Crippen molar-refractivity contribution in [3.8, 4) is 28.3 Å². The third-order valence-corrected chi connectivity index (χ3v) is 5.53. The molecule has 0 bridgehead atoms. The summed E-state index contributed by atoms with van der Waals surface area (Å²) >= 11 is 0. The molecule has 0 spiro atoms. The molecule has 174 valence electrons. The molecule has 0 saturated carbocycles. The van der Waals surface area contributed by atoms with Gasteiger partial charge in [0.15, 0.2) is 11.6 Å². The molecule has 3 rings (SSSR count). The molecule has 0 aliphatic heterocycles. The summed E-state index contributed by atoms with van der Waals surface area (Å²) < 4.78 is 20.6. The van der Waals surface area contributed by atoms with E-state index in [1.54, 1.807) is 6.07 Å². The molecule has 1 aromatic heterocycles. The van der Waals surface area contributed by atoms with Gasteiger partial charge in [0, 0.05) is 17.7 Å². The van der Waals surface area contributed by atoms with Crippen LogP contribution in [0.4, 0.5) is 4.39 Å². The monoisotopic (exact) mass is 448 g/mol. The summed E-state index contributed by atoms with van der Waals surface area (Å²) in [5, 5.41) is 9.32. The Morgan fingerprint density at radius 1 is 1.00 bits per heavy atom.